The minimum absolute atomic E-state index is 0.156. The van der Waals surface area contributed by atoms with E-state index in [0.717, 1.165) is 63.4 Å². The van der Waals surface area contributed by atoms with Crippen molar-refractivity contribution in [1.82, 2.24) is 14.8 Å². The summed E-state index contributed by atoms with van der Waals surface area (Å²) in [5.74, 6) is 1.10. The van der Waals surface area contributed by atoms with E-state index in [2.05, 4.69) is 35.6 Å². The molecule has 0 unspecified atom stereocenters. The fourth-order valence-corrected chi connectivity index (χ4v) is 3.95. The molecule has 132 valence electrons. The van der Waals surface area contributed by atoms with Gasteiger partial charge in [0, 0.05) is 56.6 Å². The molecule has 0 aromatic carbocycles. The average Bonchev–Trinajstić information content (AvgIpc) is 3.15. The van der Waals surface area contributed by atoms with E-state index in [1.807, 2.05) is 17.0 Å². The van der Waals surface area contributed by atoms with E-state index in [9.17, 15) is 4.79 Å². The Balaban J connectivity index is 1.73. The Morgan fingerprint density at radius 2 is 2.00 bits per heavy atom. The van der Waals surface area contributed by atoms with Crippen molar-refractivity contribution in [2.24, 2.45) is 0 Å². The second-order valence-corrected chi connectivity index (χ2v) is 7.24. The normalized spacial score (nSPS) is 22.4. The van der Waals surface area contributed by atoms with Gasteiger partial charge < -0.3 is 9.80 Å². The van der Waals surface area contributed by atoms with Crippen molar-refractivity contribution in [3.63, 3.8) is 0 Å². The van der Waals surface area contributed by atoms with E-state index >= 15 is 0 Å². The molecule has 2 saturated heterocycles. The fraction of sp³-hybridized carbons (Fsp3) is 0.684. The molecular weight excluding hydrogens is 300 g/mol. The summed E-state index contributed by atoms with van der Waals surface area (Å²) in [5.41, 5.74) is 0.779. The standard InChI is InChI=1S/C19H30N4O/c1-4-17-14-22(11-12-23(17)15(2)3)18-13-16(7-8-20-18)19(24)21-9-5-6-10-21/h7-8,13,15,17H,4-6,9-12,14H2,1-3H3/t17-/m0/s1. The molecule has 2 aliphatic heterocycles. The molecule has 0 bridgehead atoms. The fourth-order valence-electron chi connectivity index (χ4n) is 3.95. The molecule has 24 heavy (non-hydrogen) atoms. The molecule has 5 nitrogen and oxygen atoms in total. The maximum Gasteiger partial charge on any atom is 0.254 e. The Morgan fingerprint density at radius 3 is 2.67 bits per heavy atom. The van der Waals surface area contributed by atoms with E-state index in [4.69, 9.17) is 0 Å². The van der Waals surface area contributed by atoms with Crippen LogP contribution >= 0.6 is 0 Å². The van der Waals surface area contributed by atoms with Gasteiger partial charge in [0.05, 0.1) is 0 Å². The average molecular weight is 330 g/mol. The van der Waals surface area contributed by atoms with Gasteiger partial charge >= 0.3 is 0 Å². The van der Waals surface area contributed by atoms with Crippen LogP contribution in [0.15, 0.2) is 18.3 Å². The predicted molar refractivity (Wildman–Crippen MR) is 97.5 cm³/mol. The minimum Gasteiger partial charge on any atom is -0.354 e. The summed E-state index contributed by atoms with van der Waals surface area (Å²) in [6.07, 6.45) is 5.17. The molecule has 1 aromatic heterocycles. The van der Waals surface area contributed by atoms with Crippen molar-refractivity contribution in [2.75, 3.05) is 37.6 Å². The van der Waals surface area contributed by atoms with Crippen LogP contribution in [0.1, 0.15) is 50.4 Å². The van der Waals surface area contributed by atoms with Crippen LogP contribution in [0.4, 0.5) is 5.82 Å². The highest BCUT2D eigenvalue weighted by atomic mass is 16.2. The molecule has 1 atom stereocenters. The van der Waals surface area contributed by atoms with Gasteiger partial charge in [-0.05, 0) is 45.2 Å². The van der Waals surface area contributed by atoms with E-state index in [1.54, 1.807) is 6.20 Å². The zero-order valence-electron chi connectivity index (χ0n) is 15.2. The van der Waals surface area contributed by atoms with Gasteiger partial charge in [-0.2, -0.15) is 0 Å². The Hall–Kier alpha value is -1.62. The monoisotopic (exact) mass is 330 g/mol. The third-order valence-corrected chi connectivity index (χ3v) is 5.37. The molecule has 0 spiro atoms. The summed E-state index contributed by atoms with van der Waals surface area (Å²) in [6.45, 7) is 11.6. The van der Waals surface area contributed by atoms with E-state index < -0.39 is 0 Å². The first-order chi connectivity index (χ1) is 11.6. The number of nitrogens with zero attached hydrogens (tertiary/aromatic N) is 4. The van der Waals surface area contributed by atoms with Gasteiger partial charge in [0.15, 0.2) is 0 Å². The van der Waals surface area contributed by atoms with E-state index in [-0.39, 0.29) is 5.91 Å². The van der Waals surface area contributed by atoms with Crippen molar-refractivity contribution >= 4 is 11.7 Å². The molecule has 2 aliphatic rings. The molecule has 0 saturated carbocycles. The van der Waals surface area contributed by atoms with Crippen molar-refractivity contribution in [3.8, 4) is 0 Å². The van der Waals surface area contributed by atoms with Gasteiger partial charge in [-0.15, -0.1) is 0 Å². The number of hydrogen-bond acceptors (Lipinski definition) is 4. The first-order valence-corrected chi connectivity index (χ1v) is 9.36. The van der Waals surface area contributed by atoms with Gasteiger partial charge in [0.25, 0.3) is 5.91 Å². The van der Waals surface area contributed by atoms with Crippen molar-refractivity contribution in [1.29, 1.82) is 0 Å². The summed E-state index contributed by atoms with van der Waals surface area (Å²) in [6, 6.07) is 4.97. The summed E-state index contributed by atoms with van der Waals surface area (Å²) in [4.78, 5) is 24.0. The number of hydrogen-bond donors (Lipinski definition) is 0. The maximum atomic E-state index is 12.6. The Bertz CT molecular complexity index is 568. The van der Waals surface area contributed by atoms with Crippen molar-refractivity contribution in [3.05, 3.63) is 23.9 Å². The summed E-state index contributed by atoms with van der Waals surface area (Å²) < 4.78 is 0. The lowest BCUT2D eigenvalue weighted by molar-refractivity contribution is 0.0792. The maximum absolute atomic E-state index is 12.6. The van der Waals surface area contributed by atoms with Crippen LogP contribution in [-0.2, 0) is 0 Å². The first kappa shape index (κ1) is 17.2. The number of carbonyl (C=O) groups is 1. The lowest BCUT2D eigenvalue weighted by Crippen LogP contribution is -2.55. The van der Waals surface area contributed by atoms with Crippen LogP contribution in [0.5, 0.6) is 0 Å². The van der Waals surface area contributed by atoms with E-state index in [1.165, 1.54) is 0 Å². The molecule has 0 N–H and O–H groups in total. The van der Waals surface area contributed by atoms with Gasteiger partial charge in [-0.25, -0.2) is 4.98 Å². The number of anilines is 1. The smallest absolute Gasteiger partial charge is 0.254 e. The van der Waals surface area contributed by atoms with Crippen LogP contribution in [0, 0.1) is 0 Å². The highest BCUT2D eigenvalue weighted by Gasteiger charge is 2.28. The quantitative estimate of drug-likeness (QED) is 0.851. The lowest BCUT2D eigenvalue weighted by Gasteiger charge is -2.43. The number of carbonyl (C=O) groups excluding carboxylic acids is 1. The number of likely N-dealkylation sites (tertiary alicyclic amines) is 1. The molecule has 1 amide bonds. The number of aromatic nitrogens is 1. The second kappa shape index (κ2) is 7.51. The zero-order valence-corrected chi connectivity index (χ0v) is 15.2. The topological polar surface area (TPSA) is 39.7 Å². The van der Waals surface area contributed by atoms with E-state index in [0.29, 0.717) is 12.1 Å². The predicted octanol–water partition coefficient (Wildman–Crippen LogP) is 2.63. The van der Waals surface area contributed by atoms with Crippen LogP contribution < -0.4 is 4.90 Å². The highest BCUT2D eigenvalue weighted by molar-refractivity contribution is 5.95. The van der Waals surface area contributed by atoms with Gasteiger partial charge in [-0.3, -0.25) is 9.69 Å². The molecule has 0 aliphatic carbocycles. The van der Waals surface area contributed by atoms with Crippen LogP contribution in [0.3, 0.4) is 0 Å². The van der Waals surface area contributed by atoms with Gasteiger partial charge in [0.2, 0.25) is 0 Å². The molecule has 5 heteroatoms. The third kappa shape index (κ3) is 3.56. The van der Waals surface area contributed by atoms with Crippen molar-refractivity contribution < 1.29 is 4.79 Å². The highest BCUT2D eigenvalue weighted by Crippen LogP contribution is 2.22. The van der Waals surface area contributed by atoms with Crippen LogP contribution in [0.2, 0.25) is 0 Å². The third-order valence-electron chi connectivity index (χ3n) is 5.37. The molecular formula is C19H30N4O. The summed E-state index contributed by atoms with van der Waals surface area (Å²) in [5, 5.41) is 0. The number of amides is 1. The number of pyridine rings is 1. The number of rotatable bonds is 4. The molecule has 1 aromatic rings. The van der Waals surface area contributed by atoms with Crippen LogP contribution in [-0.4, -0.2) is 65.5 Å². The minimum atomic E-state index is 0.156. The van der Waals surface area contributed by atoms with Gasteiger partial charge in [0.1, 0.15) is 5.82 Å². The molecule has 0 radical (unpaired) electrons. The Kier molecular flexibility index (Phi) is 5.39. The summed E-state index contributed by atoms with van der Waals surface area (Å²) >= 11 is 0. The largest absolute Gasteiger partial charge is 0.354 e. The second-order valence-electron chi connectivity index (χ2n) is 7.24. The van der Waals surface area contributed by atoms with Gasteiger partial charge in [-0.1, -0.05) is 6.92 Å². The number of piperazine rings is 1. The SMILES string of the molecule is CC[C@H]1CN(c2cc(C(=O)N3CCCC3)ccn2)CCN1C(C)C. The molecule has 2 fully saturated rings. The first-order valence-electron chi connectivity index (χ1n) is 9.36. The van der Waals surface area contributed by atoms with Crippen molar-refractivity contribution in [2.45, 2.75) is 52.1 Å². The lowest BCUT2D eigenvalue weighted by atomic mass is 10.1. The van der Waals surface area contributed by atoms with Crippen LogP contribution in [0.25, 0.3) is 0 Å². The Morgan fingerprint density at radius 1 is 1.25 bits per heavy atom. The zero-order chi connectivity index (χ0) is 17.1. The Labute approximate surface area is 145 Å². The molecule has 3 rings (SSSR count). The summed E-state index contributed by atoms with van der Waals surface area (Å²) in [7, 11) is 0. The molecule has 3 heterocycles.